The lowest BCUT2D eigenvalue weighted by atomic mass is 10.0. The Labute approximate surface area is 139 Å². The van der Waals surface area contributed by atoms with Gasteiger partial charge in [0.05, 0.1) is 17.5 Å². The molecule has 2 N–H and O–H groups in total. The fourth-order valence-electron chi connectivity index (χ4n) is 3.69. The summed E-state index contributed by atoms with van der Waals surface area (Å²) < 4.78 is 7.16. The summed E-state index contributed by atoms with van der Waals surface area (Å²) in [6, 6.07) is 4.16. The average Bonchev–Trinajstić information content (AvgIpc) is 2.55. The van der Waals surface area contributed by atoms with Crippen LogP contribution in [-0.2, 0) is 13.1 Å². The number of hydrogen-bond acceptors (Lipinski definition) is 5. The summed E-state index contributed by atoms with van der Waals surface area (Å²) >= 11 is 0. The lowest BCUT2D eigenvalue weighted by Gasteiger charge is -2.38. The highest BCUT2D eigenvalue weighted by atomic mass is 16.5. The van der Waals surface area contributed by atoms with Crippen molar-refractivity contribution in [3.8, 4) is 5.75 Å². The zero-order chi connectivity index (χ0) is 16.7. The van der Waals surface area contributed by atoms with E-state index in [1.165, 1.54) is 4.57 Å². The molecule has 7 nitrogen and oxygen atoms in total. The molecule has 0 bridgehead atoms. The molecule has 1 atom stereocenters. The molecule has 2 aliphatic rings. The van der Waals surface area contributed by atoms with E-state index in [0.717, 1.165) is 43.9 Å². The van der Waals surface area contributed by atoms with Crippen LogP contribution in [0.15, 0.2) is 21.7 Å². The Hall–Kier alpha value is -2.12. The second-order valence-electron chi connectivity index (χ2n) is 6.45. The van der Waals surface area contributed by atoms with Crippen molar-refractivity contribution in [2.24, 2.45) is 0 Å². The number of aromatic nitrogens is 2. The first-order valence-electron chi connectivity index (χ1n) is 8.54. The van der Waals surface area contributed by atoms with Crippen molar-refractivity contribution in [2.45, 2.75) is 32.5 Å². The number of H-pyrrole nitrogens is 1. The van der Waals surface area contributed by atoms with Gasteiger partial charge in [-0.05, 0) is 25.5 Å². The first-order chi connectivity index (χ1) is 11.7. The Kier molecular flexibility index (Phi) is 3.90. The van der Waals surface area contributed by atoms with Gasteiger partial charge in [0, 0.05) is 44.3 Å². The van der Waals surface area contributed by atoms with Crippen LogP contribution in [0, 0.1) is 0 Å². The fraction of sp³-hybridized carbons (Fsp3) is 0.529. The molecule has 1 fully saturated rings. The van der Waals surface area contributed by atoms with E-state index in [0.29, 0.717) is 30.1 Å². The number of fused-ring (bicyclic) bond motifs is 3. The monoisotopic (exact) mass is 330 g/mol. The average molecular weight is 330 g/mol. The highest BCUT2D eigenvalue weighted by Gasteiger charge is 2.26. The zero-order valence-electron chi connectivity index (χ0n) is 13.8. The molecule has 3 heterocycles. The number of aromatic amines is 1. The van der Waals surface area contributed by atoms with Gasteiger partial charge in [0.25, 0.3) is 5.56 Å². The second kappa shape index (κ2) is 6.07. The summed E-state index contributed by atoms with van der Waals surface area (Å²) in [5.41, 5.74) is 0.995. The smallest absolute Gasteiger partial charge is 0.328 e. The van der Waals surface area contributed by atoms with Gasteiger partial charge in [0.1, 0.15) is 5.75 Å². The Morgan fingerprint density at radius 1 is 1.33 bits per heavy atom. The van der Waals surface area contributed by atoms with E-state index >= 15 is 0 Å². The van der Waals surface area contributed by atoms with Gasteiger partial charge in [-0.3, -0.25) is 14.3 Å². The van der Waals surface area contributed by atoms with Crippen LogP contribution in [0.25, 0.3) is 10.9 Å². The fourth-order valence-corrected chi connectivity index (χ4v) is 3.69. The Morgan fingerprint density at radius 2 is 2.21 bits per heavy atom. The van der Waals surface area contributed by atoms with Crippen molar-refractivity contribution >= 4 is 10.9 Å². The minimum Gasteiger partial charge on any atom is -0.493 e. The maximum atomic E-state index is 12.5. The van der Waals surface area contributed by atoms with Crippen molar-refractivity contribution in [2.75, 3.05) is 26.2 Å². The molecule has 0 saturated carbocycles. The van der Waals surface area contributed by atoms with Crippen LogP contribution in [0.3, 0.4) is 0 Å². The zero-order valence-corrected chi connectivity index (χ0v) is 13.8. The summed E-state index contributed by atoms with van der Waals surface area (Å²) in [5, 5.41) is 3.93. The Bertz CT molecular complexity index is 886. The highest BCUT2D eigenvalue weighted by Crippen LogP contribution is 2.28. The Balaban J connectivity index is 1.84. The van der Waals surface area contributed by atoms with Crippen molar-refractivity contribution < 1.29 is 4.74 Å². The number of piperazine rings is 1. The predicted octanol–water partition coefficient (Wildman–Crippen LogP) is 0.266. The molecule has 1 aromatic heterocycles. The molecule has 1 saturated heterocycles. The highest BCUT2D eigenvalue weighted by molar-refractivity contribution is 5.80. The number of nitrogens with zero attached hydrogens (tertiary/aromatic N) is 2. The van der Waals surface area contributed by atoms with Gasteiger partial charge in [-0.25, -0.2) is 4.79 Å². The van der Waals surface area contributed by atoms with E-state index < -0.39 is 0 Å². The van der Waals surface area contributed by atoms with Gasteiger partial charge >= 0.3 is 5.69 Å². The van der Waals surface area contributed by atoms with Crippen LogP contribution in [0.2, 0.25) is 0 Å². The predicted molar refractivity (Wildman–Crippen MR) is 91.7 cm³/mol. The third-order valence-corrected chi connectivity index (χ3v) is 5.03. The van der Waals surface area contributed by atoms with Crippen molar-refractivity contribution in [3.63, 3.8) is 0 Å². The van der Waals surface area contributed by atoms with E-state index in [2.05, 4.69) is 15.2 Å². The number of hydrogen-bond donors (Lipinski definition) is 2. The quantitative estimate of drug-likeness (QED) is 0.784. The first-order valence-corrected chi connectivity index (χ1v) is 8.54. The number of ether oxygens (including phenoxy) is 1. The third kappa shape index (κ3) is 2.53. The van der Waals surface area contributed by atoms with Crippen LogP contribution in [0.5, 0.6) is 5.75 Å². The van der Waals surface area contributed by atoms with Gasteiger partial charge in [0.15, 0.2) is 0 Å². The van der Waals surface area contributed by atoms with Gasteiger partial charge in [0.2, 0.25) is 0 Å². The molecule has 1 aromatic carbocycles. The maximum absolute atomic E-state index is 12.5. The van der Waals surface area contributed by atoms with Gasteiger partial charge in [-0.15, -0.1) is 0 Å². The minimum atomic E-state index is -0.359. The molecule has 0 amide bonds. The lowest BCUT2D eigenvalue weighted by molar-refractivity contribution is 0.115. The van der Waals surface area contributed by atoms with Crippen molar-refractivity contribution in [1.82, 2.24) is 19.8 Å². The number of benzene rings is 1. The lowest BCUT2D eigenvalue weighted by Crippen LogP contribution is -2.51. The van der Waals surface area contributed by atoms with Crippen LogP contribution in [0.1, 0.15) is 18.9 Å². The molecule has 128 valence electrons. The van der Waals surface area contributed by atoms with Crippen molar-refractivity contribution in [3.05, 3.63) is 38.5 Å². The molecule has 0 radical (unpaired) electrons. The summed E-state index contributed by atoms with van der Waals surface area (Å²) in [6.45, 7) is 6.50. The summed E-state index contributed by atoms with van der Waals surface area (Å²) in [6.07, 6.45) is 0.968. The molecule has 24 heavy (non-hydrogen) atoms. The molecular formula is C17H22N4O3. The summed E-state index contributed by atoms with van der Waals surface area (Å²) in [7, 11) is 0. The third-order valence-electron chi connectivity index (χ3n) is 5.03. The standard InChI is InChI=1S/C17H22N4O3/c1-2-21-16(22)13-8-15-11(7-14(13)19-17(21)23)10-20-5-4-18-9-12(20)3-6-24-15/h7-8,12,18H,2-6,9-10H2,1H3,(H,19,23)/t12-/m0/s1. The van der Waals surface area contributed by atoms with Crippen LogP contribution in [0.4, 0.5) is 0 Å². The molecule has 0 spiro atoms. The van der Waals surface area contributed by atoms with Crippen LogP contribution in [-0.4, -0.2) is 46.7 Å². The van der Waals surface area contributed by atoms with E-state index in [1.54, 1.807) is 13.0 Å². The van der Waals surface area contributed by atoms with E-state index in [1.807, 2.05) is 6.07 Å². The van der Waals surface area contributed by atoms with Crippen molar-refractivity contribution in [1.29, 1.82) is 0 Å². The molecule has 0 unspecified atom stereocenters. The van der Waals surface area contributed by atoms with Gasteiger partial charge in [-0.1, -0.05) is 0 Å². The van der Waals surface area contributed by atoms with E-state index in [9.17, 15) is 9.59 Å². The largest absolute Gasteiger partial charge is 0.493 e. The van der Waals surface area contributed by atoms with E-state index in [-0.39, 0.29) is 11.2 Å². The normalized spacial score (nSPS) is 21.5. The first kappa shape index (κ1) is 15.4. The topological polar surface area (TPSA) is 79.4 Å². The molecule has 2 aromatic rings. The molecule has 4 rings (SSSR count). The second-order valence-corrected chi connectivity index (χ2v) is 6.45. The van der Waals surface area contributed by atoms with Crippen LogP contribution < -0.4 is 21.3 Å². The molecule has 0 aliphatic carbocycles. The maximum Gasteiger partial charge on any atom is 0.328 e. The van der Waals surface area contributed by atoms with Gasteiger partial charge in [-0.2, -0.15) is 0 Å². The Morgan fingerprint density at radius 3 is 3.04 bits per heavy atom. The van der Waals surface area contributed by atoms with Crippen LogP contribution >= 0.6 is 0 Å². The molecule has 7 heteroatoms. The number of nitrogens with one attached hydrogen (secondary N) is 2. The van der Waals surface area contributed by atoms with E-state index in [4.69, 9.17) is 4.74 Å². The number of rotatable bonds is 1. The summed E-state index contributed by atoms with van der Waals surface area (Å²) in [5.74, 6) is 0.756. The van der Waals surface area contributed by atoms with Gasteiger partial charge < -0.3 is 15.0 Å². The minimum absolute atomic E-state index is 0.259. The molecular weight excluding hydrogens is 308 g/mol. The SMILES string of the molecule is CCn1c(=O)[nH]c2cc3c(cc2c1=O)OCC[C@H]1CNCCN1C3. The molecule has 2 aliphatic heterocycles. The summed E-state index contributed by atoms with van der Waals surface area (Å²) in [4.78, 5) is 29.9.